The van der Waals surface area contributed by atoms with Crippen molar-refractivity contribution in [2.24, 2.45) is 5.73 Å². The molecule has 0 spiro atoms. The summed E-state index contributed by atoms with van der Waals surface area (Å²) in [6.45, 7) is 4.48. The van der Waals surface area contributed by atoms with Gasteiger partial charge in [0.2, 0.25) is 0 Å². The fraction of sp³-hybridized carbons (Fsp3) is 0.455. The van der Waals surface area contributed by atoms with Crippen molar-refractivity contribution < 1.29 is 8.94 Å². The molecule has 0 fully saturated rings. The van der Waals surface area contributed by atoms with Crippen molar-refractivity contribution in [2.45, 2.75) is 26.2 Å². The summed E-state index contributed by atoms with van der Waals surface area (Å²) in [6, 6.07) is 3.74. The standard InChI is InChI=1S/C11H15N3O2/c1-3-8-4-5-9(15-8)11-13-10(14-16-11)7(2)6-12/h4-5,7H,3,6,12H2,1-2H3. The van der Waals surface area contributed by atoms with Gasteiger partial charge < -0.3 is 14.7 Å². The monoisotopic (exact) mass is 221 g/mol. The fourth-order valence-corrected chi connectivity index (χ4v) is 1.32. The molecule has 16 heavy (non-hydrogen) atoms. The van der Waals surface area contributed by atoms with Gasteiger partial charge in [-0.1, -0.05) is 19.0 Å². The Morgan fingerprint density at radius 3 is 2.88 bits per heavy atom. The van der Waals surface area contributed by atoms with E-state index in [1.165, 1.54) is 0 Å². The number of nitrogens with two attached hydrogens (primary N) is 1. The van der Waals surface area contributed by atoms with Crippen LogP contribution in [0.5, 0.6) is 0 Å². The quantitative estimate of drug-likeness (QED) is 0.853. The second-order valence-corrected chi connectivity index (χ2v) is 3.71. The molecule has 0 aliphatic heterocycles. The average Bonchev–Trinajstić information content (AvgIpc) is 2.95. The highest BCUT2D eigenvalue weighted by atomic mass is 16.5. The van der Waals surface area contributed by atoms with Crippen LogP contribution in [0.4, 0.5) is 0 Å². The molecular weight excluding hydrogens is 206 g/mol. The third kappa shape index (κ3) is 1.99. The number of hydrogen-bond donors (Lipinski definition) is 1. The summed E-state index contributed by atoms with van der Waals surface area (Å²) in [4.78, 5) is 4.25. The van der Waals surface area contributed by atoms with Crippen LogP contribution in [0.2, 0.25) is 0 Å². The van der Waals surface area contributed by atoms with Crippen molar-refractivity contribution >= 4 is 0 Å². The molecule has 2 aromatic rings. The normalized spacial score (nSPS) is 12.9. The summed E-state index contributed by atoms with van der Waals surface area (Å²) in [6.07, 6.45) is 0.847. The molecular formula is C11H15N3O2. The Bertz CT molecular complexity index is 461. The van der Waals surface area contributed by atoms with Crippen molar-refractivity contribution in [2.75, 3.05) is 6.54 Å². The van der Waals surface area contributed by atoms with Crippen molar-refractivity contribution in [3.05, 3.63) is 23.7 Å². The molecule has 5 heteroatoms. The minimum atomic E-state index is 0.0955. The van der Waals surface area contributed by atoms with Gasteiger partial charge in [0.05, 0.1) is 0 Å². The molecule has 5 nitrogen and oxygen atoms in total. The molecule has 2 aromatic heterocycles. The van der Waals surface area contributed by atoms with E-state index in [0.29, 0.717) is 24.0 Å². The molecule has 1 unspecified atom stereocenters. The van der Waals surface area contributed by atoms with E-state index in [1.807, 2.05) is 26.0 Å². The van der Waals surface area contributed by atoms with Gasteiger partial charge in [0.25, 0.3) is 5.89 Å². The van der Waals surface area contributed by atoms with Gasteiger partial charge in [0.1, 0.15) is 5.76 Å². The maximum absolute atomic E-state index is 5.53. The zero-order valence-electron chi connectivity index (χ0n) is 9.43. The van der Waals surface area contributed by atoms with Crippen LogP contribution in [0.1, 0.15) is 31.4 Å². The van der Waals surface area contributed by atoms with E-state index in [0.717, 1.165) is 12.2 Å². The number of nitrogens with zero attached hydrogens (tertiary/aromatic N) is 2. The molecule has 0 bridgehead atoms. The average molecular weight is 221 g/mol. The Morgan fingerprint density at radius 1 is 1.44 bits per heavy atom. The van der Waals surface area contributed by atoms with Crippen LogP contribution in [0.3, 0.4) is 0 Å². The number of furan rings is 1. The molecule has 0 radical (unpaired) electrons. The largest absolute Gasteiger partial charge is 0.456 e. The van der Waals surface area contributed by atoms with E-state index in [4.69, 9.17) is 14.7 Å². The number of aryl methyl sites for hydroxylation is 1. The maximum Gasteiger partial charge on any atom is 0.293 e. The first-order valence-electron chi connectivity index (χ1n) is 5.37. The Morgan fingerprint density at radius 2 is 2.25 bits per heavy atom. The van der Waals surface area contributed by atoms with E-state index >= 15 is 0 Å². The van der Waals surface area contributed by atoms with Crippen LogP contribution in [0.25, 0.3) is 11.7 Å². The second-order valence-electron chi connectivity index (χ2n) is 3.71. The zero-order valence-corrected chi connectivity index (χ0v) is 9.43. The lowest BCUT2D eigenvalue weighted by Crippen LogP contribution is -2.10. The fourth-order valence-electron chi connectivity index (χ4n) is 1.32. The second kappa shape index (κ2) is 4.49. The van der Waals surface area contributed by atoms with E-state index in [2.05, 4.69) is 10.1 Å². The highest BCUT2D eigenvalue weighted by Gasteiger charge is 2.15. The SMILES string of the molecule is CCc1ccc(-c2nc(C(C)CN)no2)o1. The minimum absolute atomic E-state index is 0.0955. The smallest absolute Gasteiger partial charge is 0.293 e. The highest BCUT2D eigenvalue weighted by Crippen LogP contribution is 2.22. The summed E-state index contributed by atoms with van der Waals surface area (Å²) >= 11 is 0. The Balaban J connectivity index is 2.24. The third-order valence-corrected chi connectivity index (χ3v) is 2.46. The molecule has 2 rings (SSSR count). The van der Waals surface area contributed by atoms with Crippen LogP contribution in [-0.4, -0.2) is 16.7 Å². The highest BCUT2D eigenvalue weighted by molar-refractivity contribution is 5.44. The molecule has 1 atom stereocenters. The van der Waals surface area contributed by atoms with E-state index in [1.54, 1.807) is 0 Å². The lowest BCUT2D eigenvalue weighted by molar-refractivity contribution is 0.402. The van der Waals surface area contributed by atoms with Gasteiger partial charge in [-0.15, -0.1) is 0 Å². The molecule has 0 saturated heterocycles. The molecule has 0 saturated carbocycles. The lowest BCUT2D eigenvalue weighted by Gasteiger charge is -1.98. The van der Waals surface area contributed by atoms with E-state index < -0.39 is 0 Å². The van der Waals surface area contributed by atoms with Gasteiger partial charge >= 0.3 is 0 Å². The van der Waals surface area contributed by atoms with Gasteiger partial charge in [-0.3, -0.25) is 0 Å². The lowest BCUT2D eigenvalue weighted by atomic mass is 10.2. The third-order valence-electron chi connectivity index (χ3n) is 2.46. The first kappa shape index (κ1) is 10.9. The molecule has 0 aliphatic rings. The molecule has 2 N–H and O–H groups in total. The van der Waals surface area contributed by atoms with Crippen LogP contribution in [0.15, 0.2) is 21.1 Å². The van der Waals surface area contributed by atoms with Gasteiger partial charge in [-0.2, -0.15) is 4.98 Å². The number of hydrogen-bond acceptors (Lipinski definition) is 5. The minimum Gasteiger partial charge on any atom is -0.456 e. The topological polar surface area (TPSA) is 78.1 Å². The van der Waals surface area contributed by atoms with Crippen molar-refractivity contribution in [3.63, 3.8) is 0 Å². The Labute approximate surface area is 93.6 Å². The maximum atomic E-state index is 5.53. The van der Waals surface area contributed by atoms with Crippen molar-refractivity contribution in [3.8, 4) is 11.7 Å². The van der Waals surface area contributed by atoms with Gasteiger partial charge in [0.15, 0.2) is 11.6 Å². The van der Waals surface area contributed by atoms with Gasteiger partial charge in [-0.05, 0) is 12.1 Å². The first-order chi connectivity index (χ1) is 7.74. The van der Waals surface area contributed by atoms with E-state index in [9.17, 15) is 0 Å². The summed E-state index contributed by atoms with van der Waals surface area (Å²) in [5.41, 5.74) is 5.53. The van der Waals surface area contributed by atoms with Crippen molar-refractivity contribution in [1.29, 1.82) is 0 Å². The van der Waals surface area contributed by atoms with Crippen LogP contribution in [0, 0.1) is 0 Å². The molecule has 0 aliphatic carbocycles. The summed E-state index contributed by atoms with van der Waals surface area (Å²) < 4.78 is 10.6. The van der Waals surface area contributed by atoms with Crippen LogP contribution < -0.4 is 5.73 Å². The van der Waals surface area contributed by atoms with E-state index in [-0.39, 0.29) is 5.92 Å². The molecule has 0 aromatic carbocycles. The molecule has 2 heterocycles. The van der Waals surface area contributed by atoms with Crippen molar-refractivity contribution in [1.82, 2.24) is 10.1 Å². The van der Waals surface area contributed by atoms with Crippen LogP contribution in [-0.2, 0) is 6.42 Å². The zero-order chi connectivity index (χ0) is 11.5. The summed E-state index contributed by atoms with van der Waals surface area (Å²) in [7, 11) is 0. The van der Waals surface area contributed by atoms with Crippen LogP contribution >= 0.6 is 0 Å². The molecule has 0 amide bonds. The predicted molar refractivity (Wildman–Crippen MR) is 58.8 cm³/mol. The summed E-state index contributed by atoms with van der Waals surface area (Å²) in [5.74, 6) is 2.64. The number of rotatable bonds is 4. The Hall–Kier alpha value is -1.62. The predicted octanol–water partition coefficient (Wildman–Crippen LogP) is 1.95. The molecule has 86 valence electrons. The Kier molecular flexibility index (Phi) is 3.05. The first-order valence-corrected chi connectivity index (χ1v) is 5.37. The van der Waals surface area contributed by atoms with Gasteiger partial charge in [0, 0.05) is 18.9 Å². The van der Waals surface area contributed by atoms with Gasteiger partial charge in [-0.25, -0.2) is 0 Å². The number of aromatic nitrogens is 2. The summed E-state index contributed by atoms with van der Waals surface area (Å²) in [5, 5.41) is 3.87.